The second kappa shape index (κ2) is 8.56. The van der Waals surface area contributed by atoms with E-state index >= 15 is 0 Å². The van der Waals surface area contributed by atoms with Gasteiger partial charge in [0.05, 0.1) is 0 Å². The van der Waals surface area contributed by atoms with Crippen LogP contribution in [-0.2, 0) is 4.79 Å². The molecule has 1 aliphatic heterocycles. The maximum absolute atomic E-state index is 13.0. The van der Waals surface area contributed by atoms with Crippen LogP contribution in [-0.4, -0.2) is 47.8 Å². The van der Waals surface area contributed by atoms with E-state index in [1.54, 1.807) is 6.07 Å². The van der Waals surface area contributed by atoms with Gasteiger partial charge in [0.25, 0.3) is 5.91 Å². The van der Waals surface area contributed by atoms with Crippen molar-refractivity contribution in [1.29, 1.82) is 0 Å². The Morgan fingerprint density at radius 1 is 1.03 bits per heavy atom. The van der Waals surface area contributed by atoms with Crippen LogP contribution >= 0.6 is 11.6 Å². The van der Waals surface area contributed by atoms with E-state index in [0.717, 1.165) is 36.5 Å². The standard InChI is InChI=1S/C23H26ClN3O2/c1-16(20-7-2-3-8-21(20)24)26-11-13-27(14-12-26)23(29)18-5-4-6-19(15-18)25-22(28)17-9-10-17/h2-8,15-17H,9-14H2,1H3,(H,25,28). The molecule has 0 aromatic heterocycles. The van der Waals surface area contributed by atoms with E-state index in [-0.39, 0.29) is 23.8 Å². The van der Waals surface area contributed by atoms with Crippen LogP contribution in [0.3, 0.4) is 0 Å². The second-order valence-corrected chi connectivity index (χ2v) is 8.28. The van der Waals surface area contributed by atoms with E-state index in [9.17, 15) is 9.59 Å². The third-order valence-electron chi connectivity index (χ3n) is 5.83. The topological polar surface area (TPSA) is 52.6 Å². The minimum absolute atomic E-state index is 0.0116. The molecule has 1 N–H and O–H groups in total. The van der Waals surface area contributed by atoms with Crippen molar-refractivity contribution in [3.8, 4) is 0 Å². The summed E-state index contributed by atoms with van der Waals surface area (Å²) in [6, 6.07) is 15.4. The van der Waals surface area contributed by atoms with Crippen molar-refractivity contribution in [2.75, 3.05) is 31.5 Å². The van der Waals surface area contributed by atoms with Gasteiger partial charge in [0.2, 0.25) is 5.91 Å². The molecule has 2 aliphatic rings. The average Bonchev–Trinajstić information content (AvgIpc) is 3.59. The number of nitrogens with zero attached hydrogens (tertiary/aromatic N) is 2. The van der Waals surface area contributed by atoms with E-state index in [4.69, 9.17) is 11.6 Å². The zero-order valence-corrected chi connectivity index (χ0v) is 17.4. The molecule has 1 saturated heterocycles. The Bertz CT molecular complexity index is 905. The molecule has 6 heteroatoms. The monoisotopic (exact) mass is 411 g/mol. The highest BCUT2D eigenvalue weighted by Crippen LogP contribution is 2.30. The molecule has 4 rings (SSSR count). The zero-order valence-electron chi connectivity index (χ0n) is 16.6. The van der Waals surface area contributed by atoms with Gasteiger partial charge in [0, 0.05) is 54.4 Å². The van der Waals surface area contributed by atoms with Crippen molar-refractivity contribution < 1.29 is 9.59 Å². The summed E-state index contributed by atoms with van der Waals surface area (Å²) in [7, 11) is 0. The van der Waals surface area contributed by atoms with Gasteiger partial charge in [0.15, 0.2) is 0 Å². The summed E-state index contributed by atoms with van der Waals surface area (Å²) in [4.78, 5) is 29.2. The van der Waals surface area contributed by atoms with Gasteiger partial charge in [-0.05, 0) is 49.6 Å². The average molecular weight is 412 g/mol. The molecule has 1 atom stereocenters. The first-order chi connectivity index (χ1) is 14.0. The molecule has 1 heterocycles. The highest BCUT2D eigenvalue weighted by Gasteiger charge is 2.30. The molecule has 0 bridgehead atoms. The maximum Gasteiger partial charge on any atom is 0.254 e. The Balaban J connectivity index is 1.36. The fourth-order valence-corrected chi connectivity index (χ4v) is 4.12. The molecule has 0 spiro atoms. The van der Waals surface area contributed by atoms with Crippen molar-refractivity contribution in [3.63, 3.8) is 0 Å². The van der Waals surface area contributed by atoms with Crippen molar-refractivity contribution in [1.82, 2.24) is 9.80 Å². The van der Waals surface area contributed by atoms with E-state index in [1.165, 1.54) is 0 Å². The normalized spacial score (nSPS) is 18.3. The molecule has 2 amide bonds. The zero-order chi connectivity index (χ0) is 20.4. The minimum atomic E-state index is 0.0116. The van der Waals surface area contributed by atoms with Gasteiger partial charge >= 0.3 is 0 Å². The number of benzene rings is 2. The highest BCUT2D eigenvalue weighted by atomic mass is 35.5. The number of rotatable bonds is 5. The number of amides is 2. The van der Waals surface area contributed by atoms with Crippen LogP contribution in [0, 0.1) is 5.92 Å². The van der Waals surface area contributed by atoms with Crippen LogP contribution in [0.2, 0.25) is 5.02 Å². The molecule has 1 saturated carbocycles. The molecule has 0 radical (unpaired) electrons. The van der Waals surface area contributed by atoms with Gasteiger partial charge in [-0.2, -0.15) is 0 Å². The number of piperazine rings is 1. The summed E-state index contributed by atoms with van der Waals surface area (Å²) < 4.78 is 0. The van der Waals surface area contributed by atoms with Crippen molar-refractivity contribution in [2.45, 2.75) is 25.8 Å². The Hall–Kier alpha value is -2.37. The predicted octanol–water partition coefficient (Wildman–Crippen LogP) is 4.21. The lowest BCUT2D eigenvalue weighted by Crippen LogP contribution is -2.49. The number of hydrogen-bond donors (Lipinski definition) is 1. The van der Waals surface area contributed by atoms with Crippen LogP contribution in [0.1, 0.15) is 41.7 Å². The van der Waals surface area contributed by atoms with Gasteiger partial charge < -0.3 is 10.2 Å². The van der Waals surface area contributed by atoms with Crippen LogP contribution in [0.4, 0.5) is 5.69 Å². The number of carbonyl (C=O) groups is 2. The van der Waals surface area contributed by atoms with Crippen LogP contribution in [0.15, 0.2) is 48.5 Å². The third kappa shape index (κ3) is 4.62. The fourth-order valence-electron chi connectivity index (χ4n) is 3.83. The molecule has 5 nitrogen and oxygen atoms in total. The molecule has 2 fully saturated rings. The Morgan fingerprint density at radius 3 is 2.45 bits per heavy atom. The number of halogens is 1. The Morgan fingerprint density at radius 2 is 1.76 bits per heavy atom. The Kier molecular flexibility index (Phi) is 5.88. The van der Waals surface area contributed by atoms with E-state index in [1.807, 2.05) is 41.3 Å². The van der Waals surface area contributed by atoms with E-state index < -0.39 is 0 Å². The molecular formula is C23H26ClN3O2. The maximum atomic E-state index is 13.0. The van der Waals surface area contributed by atoms with Crippen LogP contribution in [0.25, 0.3) is 0 Å². The Labute approximate surface area is 176 Å². The van der Waals surface area contributed by atoms with E-state index in [0.29, 0.717) is 24.3 Å². The van der Waals surface area contributed by atoms with Gasteiger partial charge in [-0.3, -0.25) is 14.5 Å². The minimum Gasteiger partial charge on any atom is -0.336 e. The van der Waals surface area contributed by atoms with Crippen LogP contribution < -0.4 is 5.32 Å². The van der Waals surface area contributed by atoms with Crippen molar-refractivity contribution >= 4 is 29.1 Å². The summed E-state index contributed by atoms with van der Waals surface area (Å²) in [5.74, 6) is 0.205. The number of hydrogen-bond acceptors (Lipinski definition) is 3. The molecule has 152 valence electrons. The summed E-state index contributed by atoms with van der Waals surface area (Å²) in [5.41, 5.74) is 2.43. The van der Waals surface area contributed by atoms with Gasteiger partial charge in [-0.25, -0.2) is 0 Å². The van der Waals surface area contributed by atoms with Crippen LogP contribution in [0.5, 0.6) is 0 Å². The predicted molar refractivity (Wildman–Crippen MR) is 115 cm³/mol. The molecular weight excluding hydrogens is 386 g/mol. The summed E-state index contributed by atoms with van der Waals surface area (Å²) in [5, 5.41) is 3.70. The lowest BCUT2D eigenvalue weighted by atomic mass is 10.1. The van der Waals surface area contributed by atoms with Gasteiger partial charge in [0.1, 0.15) is 0 Å². The van der Waals surface area contributed by atoms with Crippen molar-refractivity contribution in [2.24, 2.45) is 5.92 Å². The van der Waals surface area contributed by atoms with E-state index in [2.05, 4.69) is 23.2 Å². The molecule has 29 heavy (non-hydrogen) atoms. The largest absolute Gasteiger partial charge is 0.336 e. The first kappa shape index (κ1) is 19.9. The van der Waals surface area contributed by atoms with Crippen molar-refractivity contribution in [3.05, 3.63) is 64.7 Å². The molecule has 1 unspecified atom stereocenters. The number of carbonyl (C=O) groups excluding carboxylic acids is 2. The summed E-state index contributed by atoms with van der Waals surface area (Å²) in [6.07, 6.45) is 1.92. The third-order valence-corrected chi connectivity index (χ3v) is 6.17. The van der Waals surface area contributed by atoms with Gasteiger partial charge in [-0.1, -0.05) is 35.9 Å². The quantitative estimate of drug-likeness (QED) is 0.801. The molecule has 2 aromatic carbocycles. The summed E-state index contributed by atoms with van der Waals surface area (Å²) >= 11 is 6.35. The molecule has 1 aliphatic carbocycles. The summed E-state index contributed by atoms with van der Waals surface area (Å²) in [6.45, 7) is 5.11. The first-order valence-electron chi connectivity index (χ1n) is 10.2. The molecule has 2 aromatic rings. The lowest BCUT2D eigenvalue weighted by molar-refractivity contribution is -0.117. The second-order valence-electron chi connectivity index (χ2n) is 7.87. The first-order valence-corrected chi connectivity index (χ1v) is 10.6. The smallest absolute Gasteiger partial charge is 0.254 e. The number of anilines is 1. The van der Waals surface area contributed by atoms with Gasteiger partial charge in [-0.15, -0.1) is 0 Å². The highest BCUT2D eigenvalue weighted by molar-refractivity contribution is 6.31. The fraction of sp³-hybridized carbons (Fsp3) is 0.391. The lowest BCUT2D eigenvalue weighted by Gasteiger charge is -2.38. The SMILES string of the molecule is CC(c1ccccc1Cl)N1CCN(C(=O)c2cccc(NC(=O)C3CC3)c2)CC1. The number of nitrogens with one attached hydrogen (secondary N) is 1.